The Hall–Kier alpha value is -1.13. The van der Waals surface area contributed by atoms with E-state index in [1.165, 1.54) is 13.2 Å². The first-order chi connectivity index (χ1) is 8.63. The van der Waals surface area contributed by atoms with Gasteiger partial charge in [0.25, 0.3) is 0 Å². The maximum absolute atomic E-state index is 14.1. The van der Waals surface area contributed by atoms with E-state index in [-0.39, 0.29) is 11.7 Å². The van der Waals surface area contributed by atoms with Crippen molar-refractivity contribution in [2.24, 2.45) is 5.92 Å². The fourth-order valence-corrected chi connectivity index (χ4v) is 3.29. The predicted molar refractivity (Wildman–Crippen MR) is 66.0 cm³/mol. The first kappa shape index (κ1) is 11.9. The predicted octanol–water partition coefficient (Wildman–Crippen LogP) is 1.75. The second kappa shape index (κ2) is 4.21. The molecule has 2 aliphatic heterocycles. The van der Waals surface area contributed by atoms with Gasteiger partial charge >= 0.3 is 0 Å². The SMILES string of the molecule is COc1ccc(C2(O)CCN3CCC2C3)c(F)c1. The van der Waals surface area contributed by atoms with E-state index < -0.39 is 5.60 Å². The van der Waals surface area contributed by atoms with Crippen molar-refractivity contribution >= 4 is 0 Å². The molecule has 0 spiro atoms. The topological polar surface area (TPSA) is 32.7 Å². The van der Waals surface area contributed by atoms with E-state index >= 15 is 0 Å². The number of fused-ring (bicyclic) bond motifs is 2. The Kier molecular flexibility index (Phi) is 2.79. The summed E-state index contributed by atoms with van der Waals surface area (Å²) < 4.78 is 19.1. The summed E-state index contributed by atoms with van der Waals surface area (Å²) in [6.45, 7) is 2.74. The highest BCUT2D eigenvalue weighted by Crippen LogP contribution is 2.43. The maximum Gasteiger partial charge on any atom is 0.132 e. The van der Waals surface area contributed by atoms with Gasteiger partial charge in [0.2, 0.25) is 0 Å². The Balaban J connectivity index is 1.98. The molecule has 4 heteroatoms. The second-order valence-electron chi connectivity index (χ2n) is 5.31. The number of ether oxygens (including phenoxy) is 1. The Bertz CT molecular complexity index is 465. The number of aliphatic hydroxyl groups is 1. The van der Waals surface area contributed by atoms with E-state index in [9.17, 15) is 9.50 Å². The molecule has 1 aromatic carbocycles. The summed E-state index contributed by atoms with van der Waals surface area (Å²) in [5.41, 5.74) is -0.585. The minimum atomic E-state index is -1.01. The molecule has 2 bridgehead atoms. The molecule has 3 atom stereocenters. The number of halogens is 1. The van der Waals surface area contributed by atoms with Crippen LogP contribution in [0.2, 0.25) is 0 Å². The van der Waals surface area contributed by atoms with Gasteiger partial charge < -0.3 is 14.7 Å². The van der Waals surface area contributed by atoms with Gasteiger partial charge in [0, 0.05) is 30.6 Å². The molecule has 3 rings (SSSR count). The lowest BCUT2D eigenvalue weighted by Gasteiger charge is -2.39. The number of benzene rings is 1. The number of hydrogen-bond acceptors (Lipinski definition) is 3. The Morgan fingerprint density at radius 2 is 2.28 bits per heavy atom. The van der Waals surface area contributed by atoms with Crippen LogP contribution in [0.4, 0.5) is 4.39 Å². The first-order valence-corrected chi connectivity index (χ1v) is 6.42. The highest BCUT2D eigenvalue weighted by Gasteiger charge is 2.47. The molecule has 3 unspecified atom stereocenters. The van der Waals surface area contributed by atoms with Crippen molar-refractivity contribution < 1.29 is 14.2 Å². The van der Waals surface area contributed by atoms with E-state index in [4.69, 9.17) is 4.74 Å². The van der Waals surface area contributed by atoms with Crippen molar-refractivity contribution in [2.75, 3.05) is 26.7 Å². The molecular formula is C14H18FNO2. The van der Waals surface area contributed by atoms with Crippen LogP contribution < -0.4 is 4.74 Å². The number of rotatable bonds is 2. The average molecular weight is 251 g/mol. The lowest BCUT2D eigenvalue weighted by Crippen LogP contribution is -2.44. The van der Waals surface area contributed by atoms with Crippen LogP contribution in [0, 0.1) is 11.7 Å². The second-order valence-corrected chi connectivity index (χ2v) is 5.31. The molecule has 2 aliphatic rings. The summed E-state index contributed by atoms with van der Waals surface area (Å²) in [6.07, 6.45) is 1.56. The van der Waals surface area contributed by atoms with Gasteiger partial charge in [-0.1, -0.05) is 0 Å². The average Bonchev–Trinajstić information content (AvgIpc) is 2.79. The number of nitrogens with zero attached hydrogens (tertiary/aromatic N) is 1. The van der Waals surface area contributed by atoms with Crippen LogP contribution in [0.25, 0.3) is 0 Å². The molecule has 0 radical (unpaired) electrons. The van der Waals surface area contributed by atoms with Gasteiger partial charge in [-0.15, -0.1) is 0 Å². The largest absolute Gasteiger partial charge is 0.497 e. The molecule has 0 aromatic heterocycles. The zero-order valence-corrected chi connectivity index (χ0v) is 10.5. The van der Waals surface area contributed by atoms with Crippen LogP contribution in [0.1, 0.15) is 18.4 Å². The van der Waals surface area contributed by atoms with E-state index in [0.717, 1.165) is 26.1 Å². The van der Waals surface area contributed by atoms with Crippen molar-refractivity contribution in [3.8, 4) is 5.75 Å². The highest BCUT2D eigenvalue weighted by molar-refractivity contribution is 5.33. The van der Waals surface area contributed by atoms with E-state index in [1.807, 2.05) is 0 Å². The monoisotopic (exact) mass is 251 g/mol. The van der Waals surface area contributed by atoms with Gasteiger partial charge in [0.15, 0.2) is 0 Å². The van der Waals surface area contributed by atoms with Crippen LogP contribution in [-0.2, 0) is 5.60 Å². The van der Waals surface area contributed by atoms with Crippen LogP contribution >= 0.6 is 0 Å². The van der Waals surface area contributed by atoms with Gasteiger partial charge in [-0.05, 0) is 31.5 Å². The Labute approximate surface area is 106 Å². The van der Waals surface area contributed by atoms with Crippen LogP contribution in [0.3, 0.4) is 0 Å². The summed E-state index contributed by atoms with van der Waals surface area (Å²) >= 11 is 0. The number of piperidine rings is 1. The van der Waals surface area contributed by atoms with Gasteiger partial charge in [-0.3, -0.25) is 0 Å². The molecule has 98 valence electrons. The van der Waals surface area contributed by atoms with Crippen molar-refractivity contribution in [3.05, 3.63) is 29.6 Å². The first-order valence-electron chi connectivity index (χ1n) is 6.42. The minimum absolute atomic E-state index is 0.147. The molecule has 2 saturated heterocycles. The van der Waals surface area contributed by atoms with Crippen LogP contribution in [0.5, 0.6) is 5.75 Å². The molecule has 1 N–H and O–H groups in total. The molecule has 0 saturated carbocycles. The van der Waals surface area contributed by atoms with Crippen LogP contribution in [0.15, 0.2) is 18.2 Å². The molecule has 0 aliphatic carbocycles. The third-order valence-corrected chi connectivity index (χ3v) is 4.40. The van der Waals surface area contributed by atoms with Crippen molar-refractivity contribution in [1.82, 2.24) is 4.90 Å². The zero-order chi connectivity index (χ0) is 12.8. The molecule has 2 heterocycles. The van der Waals surface area contributed by atoms with Gasteiger partial charge in [-0.25, -0.2) is 4.39 Å². The zero-order valence-electron chi connectivity index (χ0n) is 10.5. The third-order valence-electron chi connectivity index (χ3n) is 4.40. The molecule has 1 aromatic rings. The molecule has 2 fully saturated rings. The highest BCUT2D eigenvalue weighted by atomic mass is 19.1. The van der Waals surface area contributed by atoms with Gasteiger partial charge in [0.05, 0.1) is 12.7 Å². The molecular weight excluding hydrogens is 233 g/mol. The number of hydrogen-bond donors (Lipinski definition) is 1. The van der Waals surface area contributed by atoms with E-state index in [2.05, 4.69) is 4.90 Å². The van der Waals surface area contributed by atoms with E-state index in [0.29, 0.717) is 17.7 Å². The maximum atomic E-state index is 14.1. The smallest absolute Gasteiger partial charge is 0.132 e. The third kappa shape index (κ3) is 1.71. The summed E-state index contributed by atoms with van der Waals surface area (Å²) in [7, 11) is 1.51. The molecule has 3 nitrogen and oxygen atoms in total. The molecule has 18 heavy (non-hydrogen) atoms. The van der Waals surface area contributed by atoms with Crippen LogP contribution in [-0.4, -0.2) is 36.8 Å². The lowest BCUT2D eigenvalue weighted by atomic mass is 9.77. The minimum Gasteiger partial charge on any atom is -0.497 e. The quantitative estimate of drug-likeness (QED) is 0.869. The standard InChI is InChI=1S/C14H18FNO2/c1-18-11-2-3-12(13(15)8-11)14(17)5-7-16-6-4-10(14)9-16/h2-3,8,10,17H,4-7,9H2,1H3. The summed E-state index contributed by atoms with van der Waals surface area (Å²) in [5.74, 6) is 0.273. The fraction of sp³-hybridized carbons (Fsp3) is 0.571. The number of methoxy groups -OCH3 is 1. The summed E-state index contributed by atoms with van der Waals surface area (Å²) in [6, 6.07) is 4.74. The lowest BCUT2D eigenvalue weighted by molar-refractivity contribution is -0.0528. The Morgan fingerprint density at radius 3 is 3.00 bits per heavy atom. The van der Waals surface area contributed by atoms with Crippen molar-refractivity contribution in [1.29, 1.82) is 0 Å². The summed E-state index contributed by atoms with van der Waals surface area (Å²) in [4.78, 5) is 2.33. The fourth-order valence-electron chi connectivity index (χ4n) is 3.29. The summed E-state index contributed by atoms with van der Waals surface area (Å²) in [5, 5.41) is 10.9. The molecule has 0 amide bonds. The van der Waals surface area contributed by atoms with Gasteiger partial charge in [0.1, 0.15) is 11.6 Å². The van der Waals surface area contributed by atoms with Gasteiger partial charge in [-0.2, -0.15) is 0 Å². The van der Waals surface area contributed by atoms with E-state index in [1.54, 1.807) is 12.1 Å². The van der Waals surface area contributed by atoms with Crippen molar-refractivity contribution in [2.45, 2.75) is 18.4 Å². The van der Waals surface area contributed by atoms with Crippen molar-refractivity contribution in [3.63, 3.8) is 0 Å². The Morgan fingerprint density at radius 1 is 1.44 bits per heavy atom. The normalized spacial score (nSPS) is 34.6.